The molecule has 1 unspecified atom stereocenters. The predicted molar refractivity (Wildman–Crippen MR) is 297 cm³/mol. The minimum absolute atomic E-state index is 0.107. The third-order valence-corrected chi connectivity index (χ3v) is 11.3. The summed E-state index contributed by atoms with van der Waals surface area (Å²) in [4.78, 5) is 38.1. The molecule has 0 aliphatic heterocycles. The molecular weight excluding hydrogens is 853 g/mol. The Morgan fingerprint density at radius 1 is 0.319 bits per heavy atom. The van der Waals surface area contributed by atoms with E-state index in [1.165, 1.54) is 89.9 Å². The highest BCUT2D eigenvalue weighted by molar-refractivity contribution is 5.71. The molecule has 0 saturated heterocycles. The second-order valence-corrected chi connectivity index (χ2v) is 18.0. The molecule has 0 spiro atoms. The lowest BCUT2D eigenvalue weighted by atomic mass is 10.1. The zero-order valence-electron chi connectivity index (χ0n) is 44.3. The predicted octanol–water partition coefficient (Wildman–Crippen LogP) is 18.6. The van der Waals surface area contributed by atoms with E-state index in [0.29, 0.717) is 19.3 Å². The average Bonchev–Trinajstić information content (AvgIpc) is 3.35. The number of unbranched alkanes of at least 4 members (excludes halogenated alkanes) is 22. The molecule has 0 bridgehead atoms. The number of carbonyl (C=O) groups excluding carboxylic acids is 3. The summed E-state index contributed by atoms with van der Waals surface area (Å²) < 4.78 is 16.8. The fourth-order valence-electron chi connectivity index (χ4n) is 7.15. The van der Waals surface area contributed by atoms with Crippen LogP contribution in [0.15, 0.2) is 134 Å². The van der Waals surface area contributed by atoms with Crippen molar-refractivity contribution in [3.05, 3.63) is 134 Å². The normalized spacial score (nSPS) is 13.1. The van der Waals surface area contributed by atoms with E-state index in [4.69, 9.17) is 14.2 Å². The van der Waals surface area contributed by atoms with Crippen molar-refractivity contribution in [1.29, 1.82) is 0 Å². The molecule has 6 nitrogen and oxygen atoms in total. The Bertz CT molecular complexity index is 1510. The fraction of sp³-hybridized carbons (Fsp3) is 0.603. The Morgan fingerprint density at radius 3 is 1.03 bits per heavy atom. The van der Waals surface area contributed by atoms with Gasteiger partial charge in [0.1, 0.15) is 13.2 Å². The average molecular weight is 953 g/mol. The number of rotatable bonds is 48. The van der Waals surface area contributed by atoms with Crippen LogP contribution >= 0.6 is 0 Å². The van der Waals surface area contributed by atoms with Gasteiger partial charge < -0.3 is 14.2 Å². The molecule has 0 aromatic carbocycles. The largest absolute Gasteiger partial charge is 0.462 e. The van der Waals surface area contributed by atoms with Crippen LogP contribution in [0.4, 0.5) is 0 Å². The van der Waals surface area contributed by atoms with E-state index < -0.39 is 6.10 Å². The highest BCUT2D eigenvalue weighted by Crippen LogP contribution is 2.14. The number of ether oxygens (including phenoxy) is 3. The molecular formula is C63H100O6. The highest BCUT2D eigenvalue weighted by atomic mass is 16.6. The fourth-order valence-corrected chi connectivity index (χ4v) is 7.15. The molecule has 388 valence electrons. The van der Waals surface area contributed by atoms with Gasteiger partial charge in [-0.05, 0) is 96.3 Å². The smallest absolute Gasteiger partial charge is 0.306 e. The van der Waals surface area contributed by atoms with E-state index in [0.717, 1.165) is 96.3 Å². The van der Waals surface area contributed by atoms with E-state index in [2.05, 4.69) is 81.5 Å². The summed E-state index contributed by atoms with van der Waals surface area (Å²) in [5, 5.41) is 0. The van der Waals surface area contributed by atoms with E-state index in [9.17, 15) is 14.4 Å². The lowest BCUT2D eigenvalue weighted by Crippen LogP contribution is -2.30. The summed E-state index contributed by atoms with van der Waals surface area (Å²) in [6, 6.07) is 0. The van der Waals surface area contributed by atoms with Crippen LogP contribution < -0.4 is 0 Å². The third kappa shape index (κ3) is 54.4. The first-order valence-electron chi connectivity index (χ1n) is 27.8. The first kappa shape index (κ1) is 64.5. The molecule has 0 aliphatic carbocycles. The molecule has 69 heavy (non-hydrogen) atoms. The molecule has 0 N–H and O–H groups in total. The Kier molecular flexibility index (Phi) is 52.5. The van der Waals surface area contributed by atoms with Crippen LogP contribution in [0, 0.1) is 0 Å². The van der Waals surface area contributed by atoms with Gasteiger partial charge in [0.05, 0.1) is 0 Å². The van der Waals surface area contributed by atoms with Crippen molar-refractivity contribution in [1.82, 2.24) is 0 Å². The van der Waals surface area contributed by atoms with Crippen LogP contribution in [0.1, 0.15) is 226 Å². The van der Waals surface area contributed by atoms with Gasteiger partial charge in [-0.3, -0.25) is 14.4 Å². The van der Waals surface area contributed by atoms with E-state index in [-0.39, 0.29) is 31.1 Å². The maximum Gasteiger partial charge on any atom is 0.306 e. The number of hydrogen-bond donors (Lipinski definition) is 0. The van der Waals surface area contributed by atoms with Crippen LogP contribution in [0.5, 0.6) is 0 Å². The van der Waals surface area contributed by atoms with Crippen molar-refractivity contribution in [2.45, 2.75) is 232 Å². The SMILES string of the molecule is CC\C=C/C=C\C=C/C=C\C=C\C=C/C=C\CCCCCC(=O)OCC(COC(=O)CCCCCCCC/C=C\C=C/CCCCC)OC(=O)CCCCCCCCC/C=C\C/C=C\CCCCC. The topological polar surface area (TPSA) is 78.9 Å². The van der Waals surface area contributed by atoms with E-state index in [1.54, 1.807) is 0 Å². The van der Waals surface area contributed by atoms with Crippen molar-refractivity contribution in [2.24, 2.45) is 0 Å². The van der Waals surface area contributed by atoms with Gasteiger partial charge in [0.15, 0.2) is 6.10 Å². The summed E-state index contributed by atoms with van der Waals surface area (Å²) in [5.74, 6) is -0.977. The molecule has 0 heterocycles. The van der Waals surface area contributed by atoms with Crippen LogP contribution in [0.3, 0.4) is 0 Å². The molecule has 1 atom stereocenters. The number of hydrogen-bond acceptors (Lipinski definition) is 6. The van der Waals surface area contributed by atoms with Gasteiger partial charge in [0, 0.05) is 19.3 Å². The zero-order chi connectivity index (χ0) is 50.0. The molecule has 0 radical (unpaired) electrons. The summed E-state index contributed by atoms with van der Waals surface area (Å²) >= 11 is 0. The Labute approximate surface area is 424 Å². The molecule has 0 rings (SSSR count). The number of allylic oxidation sites excluding steroid dienone is 22. The van der Waals surface area contributed by atoms with Crippen molar-refractivity contribution < 1.29 is 28.6 Å². The molecule has 6 heteroatoms. The van der Waals surface area contributed by atoms with Crippen molar-refractivity contribution in [3.8, 4) is 0 Å². The minimum atomic E-state index is -0.812. The minimum Gasteiger partial charge on any atom is -0.462 e. The van der Waals surface area contributed by atoms with Gasteiger partial charge in [0.25, 0.3) is 0 Å². The summed E-state index contributed by atoms with van der Waals surface area (Å²) in [6.45, 7) is 6.37. The van der Waals surface area contributed by atoms with Crippen LogP contribution in [-0.2, 0) is 28.6 Å². The second kappa shape index (κ2) is 56.1. The quantitative estimate of drug-likeness (QED) is 0.0199. The number of esters is 3. The Balaban J connectivity index is 4.55. The molecule has 0 amide bonds. The number of carbonyl (C=O) groups is 3. The molecule has 0 aromatic heterocycles. The van der Waals surface area contributed by atoms with Crippen LogP contribution in [0.2, 0.25) is 0 Å². The summed E-state index contributed by atoms with van der Waals surface area (Å²) in [6.07, 6.45) is 78.5. The molecule has 0 aromatic rings. The third-order valence-electron chi connectivity index (χ3n) is 11.3. The van der Waals surface area contributed by atoms with E-state index in [1.807, 2.05) is 72.9 Å². The van der Waals surface area contributed by atoms with Gasteiger partial charge in [-0.15, -0.1) is 0 Å². The summed E-state index contributed by atoms with van der Waals surface area (Å²) in [5.41, 5.74) is 0. The molecule has 0 aliphatic rings. The maximum atomic E-state index is 12.9. The van der Waals surface area contributed by atoms with Crippen molar-refractivity contribution in [2.75, 3.05) is 13.2 Å². The van der Waals surface area contributed by atoms with Gasteiger partial charge in [-0.2, -0.15) is 0 Å². The van der Waals surface area contributed by atoms with Crippen LogP contribution in [0.25, 0.3) is 0 Å². The first-order chi connectivity index (χ1) is 34.0. The lowest BCUT2D eigenvalue weighted by molar-refractivity contribution is -0.167. The van der Waals surface area contributed by atoms with Crippen molar-refractivity contribution >= 4 is 17.9 Å². The summed E-state index contributed by atoms with van der Waals surface area (Å²) in [7, 11) is 0. The zero-order valence-corrected chi connectivity index (χ0v) is 44.3. The van der Waals surface area contributed by atoms with Gasteiger partial charge in [0.2, 0.25) is 0 Å². The highest BCUT2D eigenvalue weighted by Gasteiger charge is 2.19. The first-order valence-corrected chi connectivity index (χ1v) is 27.8. The molecule has 0 saturated carbocycles. The Hall–Kier alpha value is -4.45. The lowest BCUT2D eigenvalue weighted by Gasteiger charge is -2.18. The van der Waals surface area contributed by atoms with Gasteiger partial charge in [-0.1, -0.05) is 244 Å². The standard InChI is InChI=1S/C63H100O6/c1-4-7-10-13-16-19-22-25-28-30-31-33-35-38-41-44-47-50-53-56-62(65)68-59-60(58-67-61(64)55-52-49-46-43-40-37-34-27-24-21-18-15-12-9-6-3)69-63(66)57-54-51-48-45-42-39-36-32-29-26-23-20-17-14-11-8-5-2/h7,10,13,16-22,24-31,33,35,38,41,60H,4-6,8-9,11-12,14-15,23,32,34,36-37,39-40,42-59H2,1-3H3/b10-7-,16-13-,20-17-,21-18-,22-19-,27-24-,28-25-,29-26-,31-30+,35-33-,41-38-. The molecule has 0 fully saturated rings. The van der Waals surface area contributed by atoms with E-state index >= 15 is 0 Å². The maximum absolute atomic E-state index is 12.9. The van der Waals surface area contributed by atoms with Crippen LogP contribution in [-0.4, -0.2) is 37.2 Å². The van der Waals surface area contributed by atoms with Gasteiger partial charge >= 0.3 is 17.9 Å². The van der Waals surface area contributed by atoms with Gasteiger partial charge in [-0.25, -0.2) is 0 Å². The second-order valence-electron chi connectivity index (χ2n) is 18.0. The monoisotopic (exact) mass is 953 g/mol. The Morgan fingerprint density at radius 2 is 0.623 bits per heavy atom. The van der Waals surface area contributed by atoms with Crippen molar-refractivity contribution in [3.63, 3.8) is 0 Å².